The molecule has 104 valence electrons. The molecule has 1 aromatic rings. The number of nitrogens with two attached hydrogens (primary N) is 1. The summed E-state index contributed by atoms with van der Waals surface area (Å²) in [6, 6.07) is 0.102. The molecule has 0 spiro atoms. The van der Waals surface area contributed by atoms with Gasteiger partial charge < -0.3 is 19.8 Å². The molecule has 0 aliphatic carbocycles. The minimum atomic E-state index is 0.102. The van der Waals surface area contributed by atoms with Gasteiger partial charge in [0.15, 0.2) is 0 Å². The van der Waals surface area contributed by atoms with Crippen LogP contribution in [0.5, 0.6) is 0 Å². The highest BCUT2D eigenvalue weighted by molar-refractivity contribution is 4.95. The van der Waals surface area contributed by atoms with Gasteiger partial charge in [0, 0.05) is 45.1 Å². The van der Waals surface area contributed by atoms with Crippen LogP contribution in [-0.4, -0.2) is 42.5 Å². The van der Waals surface area contributed by atoms with E-state index in [1.807, 2.05) is 12.4 Å². The molecule has 1 atom stereocenters. The van der Waals surface area contributed by atoms with Crippen molar-refractivity contribution in [2.24, 2.45) is 5.73 Å². The Morgan fingerprint density at radius 1 is 1.39 bits per heavy atom. The molecule has 0 aliphatic rings. The molecule has 0 aromatic carbocycles. The van der Waals surface area contributed by atoms with E-state index in [1.165, 1.54) is 0 Å². The number of aryl methyl sites for hydroxylation is 1. The van der Waals surface area contributed by atoms with Gasteiger partial charge in [0.2, 0.25) is 0 Å². The smallest absolute Gasteiger partial charge is 0.110 e. The molecule has 0 radical (unpaired) electrons. The SMILES string of the molecule is CCCn1ccnc1CC(N)CCOCCOC. The van der Waals surface area contributed by atoms with Gasteiger partial charge in [-0.2, -0.15) is 0 Å². The Morgan fingerprint density at radius 3 is 2.94 bits per heavy atom. The maximum Gasteiger partial charge on any atom is 0.110 e. The molecule has 0 amide bonds. The Hall–Kier alpha value is -0.910. The summed E-state index contributed by atoms with van der Waals surface area (Å²) in [5, 5.41) is 0. The Morgan fingerprint density at radius 2 is 2.22 bits per heavy atom. The Bertz CT molecular complexity index is 315. The van der Waals surface area contributed by atoms with Gasteiger partial charge >= 0.3 is 0 Å². The summed E-state index contributed by atoms with van der Waals surface area (Å²) in [5.41, 5.74) is 6.08. The molecule has 5 nitrogen and oxygen atoms in total. The maximum atomic E-state index is 6.08. The quantitative estimate of drug-likeness (QED) is 0.638. The number of hydrogen-bond donors (Lipinski definition) is 1. The molecule has 0 aliphatic heterocycles. The van der Waals surface area contributed by atoms with Crippen LogP contribution in [0.4, 0.5) is 0 Å². The third kappa shape index (κ3) is 5.62. The topological polar surface area (TPSA) is 62.3 Å². The van der Waals surface area contributed by atoms with Gasteiger partial charge in [-0.1, -0.05) is 6.92 Å². The first-order chi connectivity index (χ1) is 8.77. The third-order valence-electron chi connectivity index (χ3n) is 2.78. The summed E-state index contributed by atoms with van der Waals surface area (Å²) in [7, 11) is 1.67. The molecule has 1 aromatic heterocycles. The molecule has 1 unspecified atom stereocenters. The summed E-state index contributed by atoms with van der Waals surface area (Å²) in [6.07, 6.45) is 6.62. The number of methoxy groups -OCH3 is 1. The minimum absolute atomic E-state index is 0.102. The van der Waals surface area contributed by atoms with Gasteiger partial charge in [-0.05, 0) is 12.8 Å². The fraction of sp³-hybridized carbons (Fsp3) is 0.769. The van der Waals surface area contributed by atoms with E-state index in [4.69, 9.17) is 15.2 Å². The van der Waals surface area contributed by atoms with Crippen LogP contribution in [-0.2, 0) is 22.4 Å². The van der Waals surface area contributed by atoms with Crippen LogP contribution in [0.2, 0.25) is 0 Å². The predicted molar refractivity (Wildman–Crippen MR) is 71.5 cm³/mol. The fourth-order valence-electron chi connectivity index (χ4n) is 1.79. The first kappa shape index (κ1) is 15.1. The zero-order valence-corrected chi connectivity index (χ0v) is 11.5. The molecule has 0 bridgehead atoms. The highest BCUT2D eigenvalue weighted by Gasteiger charge is 2.08. The summed E-state index contributed by atoms with van der Waals surface area (Å²) >= 11 is 0. The molecule has 1 heterocycles. The van der Waals surface area contributed by atoms with Crippen molar-refractivity contribution in [3.05, 3.63) is 18.2 Å². The highest BCUT2D eigenvalue weighted by atomic mass is 16.5. The largest absolute Gasteiger partial charge is 0.382 e. The second-order valence-electron chi connectivity index (χ2n) is 4.39. The van der Waals surface area contributed by atoms with Crippen LogP contribution in [0.3, 0.4) is 0 Å². The number of nitrogens with zero attached hydrogens (tertiary/aromatic N) is 2. The van der Waals surface area contributed by atoms with E-state index in [9.17, 15) is 0 Å². The number of ether oxygens (including phenoxy) is 2. The van der Waals surface area contributed by atoms with Crippen LogP contribution in [0, 0.1) is 0 Å². The van der Waals surface area contributed by atoms with E-state index in [0.29, 0.717) is 19.8 Å². The first-order valence-electron chi connectivity index (χ1n) is 6.60. The summed E-state index contributed by atoms with van der Waals surface area (Å²) in [4.78, 5) is 4.35. The second kappa shape index (κ2) is 9.08. The van der Waals surface area contributed by atoms with Crippen molar-refractivity contribution in [2.75, 3.05) is 26.9 Å². The molecule has 1 rings (SSSR count). The number of rotatable bonds is 10. The summed E-state index contributed by atoms with van der Waals surface area (Å²) in [5.74, 6) is 1.07. The van der Waals surface area contributed by atoms with Gasteiger partial charge in [0.05, 0.1) is 13.2 Å². The average molecular weight is 255 g/mol. The van der Waals surface area contributed by atoms with Crippen LogP contribution in [0.15, 0.2) is 12.4 Å². The Labute approximate surface area is 109 Å². The minimum Gasteiger partial charge on any atom is -0.382 e. The second-order valence-corrected chi connectivity index (χ2v) is 4.39. The number of hydrogen-bond acceptors (Lipinski definition) is 4. The lowest BCUT2D eigenvalue weighted by atomic mass is 10.1. The van der Waals surface area contributed by atoms with E-state index in [2.05, 4.69) is 16.5 Å². The van der Waals surface area contributed by atoms with E-state index in [0.717, 1.165) is 31.6 Å². The zero-order chi connectivity index (χ0) is 13.2. The van der Waals surface area contributed by atoms with Crippen LogP contribution >= 0.6 is 0 Å². The van der Waals surface area contributed by atoms with Gasteiger partial charge in [-0.3, -0.25) is 0 Å². The number of aromatic nitrogens is 2. The summed E-state index contributed by atoms with van der Waals surface area (Å²) in [6.45, 7) is 5.11. The maximum absolute atomic E-state index is 6.08. The van der Waals surface area contributed by atoms with Gasteiger partial charge in [0.25, 0.3) is 0 Å². The van der Waals surface area contributed by atoms with Gasteiger partial charge in [-0.25, -0.2) is 4.98 Å². The molecule has 18 heavy (non-hydrogen) atoms. The normalized spacial score (nSPS) is 12.8. The van der Waals surface area contributed by atoms with Crippen molar-refractivity contribution in [3.63, 3.8) is 0 Å². The average Bonchev–Trinajstić information content (AvgIpc) is 2.77. The first-order valence-corrected chi connectivity index (χ1v) is 6.60. The van der Waals surface area contributed by atoms with Crippen molar-refractivity contribution in [1.29, 1.82) is 0 Å². The van der Waals surface area contributed by atoms with Crippen molar-refractivity contribution in [1.82, 2.24) is 9.55 Å². The van der Waals surface area contributed by atoms with E-state index in [-0.39, 0.29) is 6.04 Å². The van der Waals surface area contributed by atoms with Crippen LogP contribution in [0.25, 0.3) is 0 Å². The molecular formula is C13H25N3O2. The monoisotopic (exact) mass is 255 g/mol. The van der Waals surface area contributed by atoms with E-state index in [1.54, 1.807) is 7.11 Å². The van der Waals surface area contributed by atoms with Crippen molar-refractivity contribution in [3.8, 4) is 0 Å². The van der Waals surface area contributed by atoms with Crippen molar-refractivity contribution in [2.45, 2.75) is 38.8 Å². The van der Waals surface area contributed by atoms with E-state index < -0.39 is 0 Å². The van der Waals surface area contributed by atoms with Crippen molar-refractivity contribution < 1.29 is 9.47 Å². The number of imidazole rings is 1. The molecule has 0 fully saturated rings. The van der Waals surface area contributed by atoms with Crippen LogP contribution < -0.4 is 5.73 Å². The molecule has 0 saturated carbocycles. The van der Waals surface area contributed by atoms with Crippen LogP contribution in [0.1, 0.15) is 25.6 Å². The molecule has 0 saturated heterocycles. The highest BCUT2D eigenvalue weighted by Crippen LogP contribution is 2.04. The van der Waals surface area contributed by atoms with Crippen molar-refractivity contribution >= 4 is 0 Å². The van der Waals surface area contributed by atoms with E-state index >= 15 is 0 Å². The lowest BCUT2D eigenvalue weighted by Crippen LogP contribution is -2.26. The molecular weight excluding hydrogens is 230 g/mol. The Balaban J connectivity index is 2.22. The zero-order valence-electron chi connectivity index (χ0n) is 11.5. The third-order valence-corrected chi connectivity index (χ3v) is 2.78. The predicted octanol–water partition coefficient (Wildman–Crippen LogP) is 1.22. The van der Waals surface area contributed by atoms with Gasteiger partial charge in [0.1, 0.15) is 5.82 Å². The lowest BCUT2D eigenvalue weighted by Gasteiger charge is -2.13. The molecule has 5 heteroatoms. The molecule has 2 N–H and O–H groups in total. The standard InChI is InChI=1S/C13H25N3O2/c1-3-6-16-7-5-15-13(16)11-12(14)4-8-18-10-9-17-2/h5,7,12H,3-4,6,8-11,14H2,1-2H3. The Kier molecular flexibility index (Phi) is 7.64. The lowest BCUT2D eigenvalue weighted by molar-refractivity contribution is 0.0671. The van der Waals surface area contributed by atoms with Gasteiger partial charge in [-0.15, -0.1) is 0 Å². The summed E-state index contributed by atoms with van der Waals surface area (Å²) < 4.78 is 12.5. The fourth-order valence-corrected chi connectivity index (χ4v) is 1.79.